The van der Waals surface area contributed by atoms with Gasteiger partial charge in [-0.25, -0.2) is 13.8 Å². The van der Waals surface area contributed by atoms with Crippen molar-refractivity contribution in [3.8, 4) is 5.75 Å². The van der Waals surface area contributed by atoms with Crippen molar-refractivity contribution in [2.75, 3.05) is 17.5 Å². The van der Waals surface area contributed by atoms with Crippen LogP contribution < -0.4 is 14.5 Å². The number of benzene rings is 2. The van der Waals surface area contributed by atoms with Crippen molar-refractivity contribution in [1.29, 1.82) is 0 Å². The SMILES string of the molecule is CCOc1ccc(S(=O)(=O)N(CC(=O)N/N=C/c2cc(Br)c(C)o2)c2ccccc2)cc1. The molecule has 0 atom stereocenters. The number of amides is 1. The highest BCUT2D eigenvalue weighted by molar-refractivity contribution is 9.10. The summed E-state index contributed by atoms with van der Waals surface area (Å²) in [5.41, 5.74) is 2.69. The van der Waals surface area contributed by atoms with Crippen LogP contribution in [-0.2, 0) is 14.8 Å². The summed E-state index contributed by atoms with van der Waals surface area (Å²) in [6.45, 7) is 3.63. The summed E-state index contributed by atoms with van der Waals surface area (Å²) in [6, 6.07) is 16.1. The fraction of sp³-hybridized carbons (Fsp3) is 0.182. The molecule has 0 aliphatic rings. The molecule has 0 unspecified atom stereocenters. The maximum atomic E-state index is 13.3. The summed E-state index contributed by atoms with van der Waals surface area (Å²) in [4.78, 5) is 12.6. The van der Waals surface area contributed by atoms with Crippen molar-refractivity contribution in [2.45, 2.75) is 18.7 Å². The molecule has 0 saturated carbocycles. The minimum Gasteiger partial charge on any atom is -0.494 e. The van der Waals surface area contributed by atoms with Gasteiger partial charge in [-0.3, -0.25) is 9.10 Å². The Labute approximate surface area is 195 Å². The van der Waals surface area contributed by atoms with Crippen molar-refractivity contribution in [2.24, 2.45) is 5.10 Å². The van der Waals surface area contributed by atoms with Crippen molar-refractivity contribution in [3.05, 3.63) is 76.7 Å². The van der Waals surface area contributed by atoms with E-state index in [9.17, 15) is 13.2 Å². The van der Waals surface area contributed by atoms with Gasteiger partial charge in [0.15, 0.2) is 0 Å². The number of carbonyl (C=O) groups is 1. The Bertz CT molecular complexity index is 1170. The Balaban J connectivity index is 1.80. The molecule has 3 aromatic rings. The lowest BCUT2D eigenvalue weighted by molar-refractivity contribution is -0.119. The zero-order valence-corrected chi connectivity index (χ0v) is 19.9. The van der Waals surface area contributed by atoms with Gasteiger partial charge < -0.3 is 9.15 Å². The van der Waals surface area contributed by atoms with E-state index in [1.54, 1.807) is 55.5 Å². The summed E-state index contributed by atoms with van der Waals surface area (Å²) in [5.74, 6) is 1.07. The number of hydrogen-bond acceptors (Lipinski definition) is 6. The second-order valence-corrected chi connectivity index (χ2v) is 9.31. The molecule has 1 heterocycles. The van der Waals surface area contributed by atoms with Crippen molar-refractivity contribution in [3.63, 3.8) is 0 Å². The molecule has 0 bridgehead atoms. The second-order valence-electron chi connectivity index (χ2n) is 6.60. The zero-order valence-electron chi connectivity index (χ0n) is 17.5. The minimum atomic E-state index is -4.02. The Hall–Kier alpha value is -3.11. The number of nitrogens with zero attached hydrogens (tertiary/aromatic N) is 2. The van der Waals surface area contributed by atoms with E-state index < -0.39 is 22.5 Å². The predicted octanol–water partition coefficient (Wildman–Crippen LogP) is 4.09. The number of sulfonamides is 1. The number of halogens is 1. The van der Waals surface area contributed by atoms with Crippen molar-refractivity contribution in [1.82, 2.24) is 5.43 Å². The Morgan fingerprint density at radius 2 is 1.88 bits per heavy atom. The van der Waals surface area contributed by atoms with Crippen LogP contribution in [0.25, 0.3) is 0 Å². The maximum Gasteiger partial charge on any atom is 0.264 e. The van der Waals surface area contributed by atoms with Crippen LogP contribution in [-0.4, -0.2) is 33.7 Å². The van der Waals surface area contributed by atoms with E-state index >= 15 is 0 Å². The largest absolute Gasteiger partial charge is 0.494 e. The molecule has 168 valence electrons. The van der Waals surface area contributed by atoms with Crippen LogP contribution >= 0.6 is 15.9 Å². The molecule has 0 aliphatic carbocycles. The van der Waals surface area contributed by atoms with E-state index in [2.05, 4.69) is 26.5 Å². The highest BCUT2D eigenvalue weighted by Gasteiger charge is 2.27. The van der Waals surface area contributed by atoms with Crippen LogP contribution in [0.1, 0.15) is 18.4 Å². The van der Waals surface area contributed by atoms with E-state index in [-0.39, 0.29) is 4.90 Å². The van der Waals surface area contributed by atoms with Crippen LogP contribution in [0.3, 0.4) is 0 Å². The molecular formula is C22H22BrN3O5S. The van der Waals surface area contributed by atoms with Crippen LogP contribution in [0.4, 0.5) is 5.69 Å². The molecule has 0 fully saturated rings. The van der Waals surface area contributed by atoms with Gasteiger partial charge in [0.05, 0.1) is 27.9 Å². The molecule has 2 aromatic carbocycles. The highest BCUT2D eigenvalue weighted by Crippen LogP contribution is 2.25. The van der Waals surface area contributed by atoms with Crippen molar-refractivity contribution < 1.29 is 22.4 Å². The average Bonchev–Trinajstić information content (AvgIpc) is 3.10. The average molecular weight is 520 g/mol. The first kappa shape index (κ1) is 23.6. The van der Waals surface area contributed by atoms with E-state index in [0.29, 0.717) is 29.6 Å². The minimum absolute atomic E-state index is 0.0389. The first-order valence-corrected chi connectivity index (χ1v) is 11.9. The number of hydrogen-bond donors (Lipinski definition) is 1. The zero-order chi connectivity index (χ0) is 23.1. The fourth-order valence-corrected chi connectivity index (χ4v) is 4.52. The quantitative estimate of drug-likeness (QED) is 0.338. The summed E-state index contributed by atoms with van der Waals surface area (Å²) in [6.07, 6.45) is 1.34. The van der Waals surface area contributed by atoms with Gasteiger partial charge in [0.25, 0.3) is 15.9 Å². The number of furan rings is 1. The monoisotopic (exact) mass is 519 g/mol. The van der Waals surface area contributed by atoms with Gasteiger partial charge in [0.2, 0.25) is 0 Å². The third-order valence-electron chi connectivity index (χ3n) is 4.31. The summed E-state index contributed by atoms with van der Waals surface area (Å²) in [7, 11) is -4.02. The molecule has 8 nitrogen and oxygen atoms in total. The number of carbonyl (C=O) groups excluding carboxylic acids is 1. The summed E-state index contributed by atoms with van der Waals surface area (Å²) in [5, 5.41) is 3.85. The van der Waals surface area contributed by atoms with Crippen LogP contribution in [0, 0.1) is 6.92 Å². The second kappa shape index (κ2) is 10.5. The number of para-hydroxylation sites is 1. The molecule has 0 aliphatic heterocycles. The predicted molar refractivity (Wildman–Crippen MR) is 125 cm³/mol. The fourth-order valence-electron chi connectivity index (χ4n) is 2.79. The number of ether oxygens (including phenoxy) is 1. The molecular weight excluding hydrogens is 498 g/mol. The van der Waals surface area contributed by atoms with Crippen LogP contribution in [0.15, 0.2) is 79.6 Å². The summed E-state index contributed by atoms with van der Waals surface area (Å²) < 4.78 is 39.2. The highest BCUT2D eigenvalue weighted by atomic mass is 79.9. The van der Waals surface area contributed by atoms with Crippen LogP contribution in [0.5, 0.6) is 5.75 Å². The Morgan fingerprint density at radius 3 is 2.47 bits per heavy atom. The third kappa shape index (κ3) is 5.77. The normalized spacial score (nSPS) is 11.5. The van der Waals surface area contributed by atoms with Gasteiger partial charge in [-0.15, -0.1) is 0 Å². The van der Waals surface area contributed by atoms with Crippen molar-refractivity contribution >= 4 is 43.8 Å². The number of aryl methyl sites for hydroxylation is 1. The number of rotatable bonds is 9. The molecule has 0 spiro atoms. The van der Waals surface area contributed by atoms with Gasteiger partial charge in [0.1, 0.15) is 23.8 Å². The van der Waals surface area contributed by atoms with Gasteiger partial charge in [0, 0.05) is 6.07 Å². The van der Waals surface area contributed by atoms with E-state index in [4.69, 9.17) is 9.15 Å². The lowest BCUT2D eigenvalue weighted by Crippen LogP contribution is -2.39. The standard InChI is InChI=1S/C22H22BrN3O5S/c1-3-30-18-9-11-20(12-10-18)32(28,29)26(17-7-5-4-6-8-17)15-22(27)25-24-14-19-13-21(23)16(2)31-19/h4-14H,3,15H2,1-2H3,(H,25,27)/b24-14+. The lowest BCUT2D eigenvalue weighted by atomic mass is 10.3. The van der Waals surface area contributed by atoms with Gasteiger partial charge >= 0.3 is 0 Å². The Kier molecular flexibility index (Phi) is 7.70. The number of anilines is 1. The Morgan fingerprint density at radius 1 is 1.19 bits per heavy atom. The molecule has 0 radical (unpaired) electrons. The van der Waals surface area contributed by atoms with E-state index in [1.807, 2.05) is 6.92 Å². The molecule has 0 saturated heterocycles. The molecule has 1 aromatic heterocycles. The van der Waals surface area contributed by atoms with Crippen LogP contribution in [0.2, 0.25) is 0 Å². The topological polar surface area (TPSA) is 101 Å². The van der Waals surface area contributed by atoms with Gasteiger partial charge in [-0.05, 0) is 66.2 Å². The van der Waals surface area contributed by atoms with Gasteiger partial charge in [-0.2, -0.15) is 5.10 Å². The number of hydrazone groups is 1. The first-order chi connectivity index (χ1) is 15.3. The number of nitrogens with one attached hydrogen (secondary N) is 1. The smallest absolute Gasteiger partial charge is 0.264 e. The maximum absolute atomic E-state index is 13.3. The summed E-state index contributed by atoms with van der Waals surface area (Å²) >= 11 is 3.33. The van der Waals surface area contributed by atoms with Gasteiger partial charge in [-0.1, -0.05) is 18.2 Å². The molecule has 32 heavy (non-hydrogen) atoms. The third-order valence-corrected chi connectivity index (χ3v) is 6.89. The molecule has 3 rings (SSSR count). The van der Waals surface area contributed by atoms with E-state index in [1.165, 1.54) is 18.3 Å². The molecule has 1 N–H and O–H groups in total. The molecule has 10 heteroatoms. The lowest BCUT2D eigenvalue weighted by Gasteiger charge is -2.23. The first-order valence-electron chi connectivity index (χ1n) is 9.69. The van der Waals surface area contributed by atoms with E-state index in [0.717, 1.165) is 8.78 Å². The molecule has 1 amide bonds.